The minimum Gasteiger partial charge on any atom is -0.320 e. The van der Waals surface area contributed by atoms with E-state index in [1.807, 2.05) is 45.2 Å². The molecule has 0 fully saturated rings. The summed E-state index contributed by atoms with van der Waals surface area (Å²) in [6, 6.07) is 16.2. The second-order valence-electron chi connectivity index (χ2n) is 4.80. The van der Waals surface area contributed by atoms with Crippen LogP contribution in [0, 0.1) is 0 Å². The van der Waals surface area contributed by atoms with Crippen molar-refractivity contribution in [2.24, 2.45) is 0 Å². The molecule has 0 amide bonds. The molecular formula is C20H25N3O2. The number of nitrogens with one attached hydrogen (secondary N) is 1. The van der Waals surface area contributed by atoms with Crippen molar-refractivity contribution in [1.82, 2.24) is 14.9 Å². The third-order valence-electron chi connectivity index (χ3n) is 3.30. The minimum atomic E-state index is -0.403. The molecule has 0 aliphatic heterocycles. The molecule has 0 atom stereocenters. The van der Waals surface area contributed by atoms with E-state index in [9.17, 15) is 9.59 Å². The zero-order chi connectivity index (χ0) is 18.7. The number of fused-ring (bicyclic) bond motifs is 1. The first-order chi connectivity index (χ1) is 12.2. The Bertz CT molecular complexity index is 840. The SMILES string of the molecule is CC.CCNC.O=Cn1c(=O)c(-c2ccccc2)nc2ccccc21. The van der Waals surface area contributed by atoms with Crippen LogP contribution in [0.5, 0.6) is 0 Å². The van der Waals surface area contributed by atoms with Crippen molar-refractivity contribution in [1.29, 1.82) is 0 Å². The molecule has 0 unspecified atom stereocenters. The number of carbonyl (C=O) groups is 1. The maximum atomic E-state index is 12.3. The van der Waals surface area contributed by atoms with Crippen LogP contribution in [0.25, 0.3) is 22.3 Å². The van der Waals surface area contributed by atoms with Crippen LogP contribution >= 0.6 is 0 Å². The molecule has 5 nitrogen and oxygen atoms in total. The number of hydrogen-bond donors (Lipinski definition) is 1. The van der Waals surface area contributed by atoms with Gasteiger partial charge in [0.05, 0.1) is 11.0 Å². The first-order valence-electron chi connectivity index (χ1n) is 8.39. The molecule has 0 spiro atoms. The van der Waals surface area contributed by atoms with E-state index < -0.39 is 5.56 Å². The summed E-state index contributed by atoms with van der Waals surface area (Å²) in [4.78, 5) is 27.8. The fourth-order valence-electron chi connectivity index (χ4n) is 2.04. The summed E-state index contributed by atoms with van der Waals surface area (Å²) in [7, 11) is 1.93. The van der Waals surface area contributed by atoms with Gasteiger partial charge in [-0.15, -0.1) is 0 Å². The molecule has 3 rings (SSSR count). The summed E-state index contributed by atoms with van der Waals surface area (Å²) < 4.78 is 1.09. The van der Waals surface area contributed by atoms with E-state index in [0.717, 1.165) is 11.1 Å². The summed E-state index contributed by atoms with van der Waals surface area (Å²) in [6.07, 6.45) is 0.527. The van der Waals surface area contributed by atoms with Crippen LogP contribution in [0.15, 0.2) is 59.4 Å². The van der Waals surface area contributed by atoms with E-state index in [4.69, 9.17) is 0 Å². The van der Waals surface area contributed by atoms with Crippen LogP contribution in [-0.2, 0) is 4.79 Å². The molecule has 3 aromatic rings. The number of benzene rings is 2. The summed E-state index contributed by atoms with van der Waals surface area (Å²) >= 11 is 0. The minimum absolute atomic E-state index is 0.284. The fraction of sp³-hybridized carbons (Fsp3) is 0.250. The first-order valence-corrected chi connectivity index (χ1v) is 8.39. The van der Waals surface area contributed by atoms with E-state index in [1.54, 1.807) is 30.3 Å². The molecule has 0 bridgehead atoms. The number of aromatic nitrogens is 2. The fourth-order valence-corrected chi connectivity index (χ4v) is 2.04. The Morgan fingerprint density at radius 2 is 1.60 bits per heavy atom. The zero-order valence-electron chi connectivity index (χ0n) is 15.2. The normalized spacial score (nSPS) is 9.44. The predicted molar refractivity (Wildman–Crippen MR) is 105 cm³/mol. The van der Waals surface area contributed by atoms with E-state index in [-0.39, 0.29) is 5.69 Å². The molecule has 0 saturated carbocycles. The predicted octanol–water partition coefficient (Wildman–Crippen LogP) is 3.35. The smallest absolute Gasteiger partial charge is 0.284 e. The van der Waals surface area contributed by atoms with Crippen LogP contribution < -0.4 is 10.9 Å². The lowest BCUT2D eigenvalue weighted by atomic mass is 10.1. The molecular weight excluding hydrogens is 314 g/mol. The Kier molecular flexibility index (Phi) is 8.82. The number of carbonyl (C=O) groups excluding carboxylic acids is 1. The highest BCUT2D eigenvalue weighted by Gasteiger charge is 2.11. The molecule has 25 heavy (non-hydrogen) atoms. The molecule has 132 valence electrons. The van der Waals surface area contributed by atoms with Gasteiger partial charge in [0.15, 0.2) is 0 Å². The third-order valence-corrected chi connectivity index (χ3v) is 3.30. The van der Waals surface area contributed by atoms with Crippen molar-refractivity contribution >= 4 is 17.4 Å². The van der Waals surface area contributed by atoms with Gasteiger partial charge in [-0.1, -0.05) is 63.2 Å². The van der Waals surface area contributed by atoms with E-state index in [1.165, 1.54) is 0 Å². The number of rotatable bonds is 3. The van der Waals surface area contributed by atoms with Gasteiger partial charge in [-0.3, -0.25) is 9.59 Å². The largest absolute Gasteiger partial charge is 0.320 e. The summed E-state index contributed by atoms with van der Waals surface area (Å²) in [5.41, 5.74) is 1.72. The molecule has 0 saturated heterocycles. The third kappa shape index (κ3) is 5.09. The molecule has 2 aromatic carbocycles. The highest BCUT2D eigenvalue weighted by Crippen LogP contribution is 2.16. The van der Waals surface area contributed by atoms with Crippen LogP contribution in [0.4, 0.5) is 0 Å². The summed E-state index contributed by atoms with van der Waals surface area (Å²) in [5.74, 6) is 0. The molecule has 0 radical (unpaired) electrons. The van der Waals surface area contributed by atoms with Gasteiger partial charge in [-0.2, -0.15) is 0 Å². The topological polar surface area (TPSA) is 64.0 Å². The highest BCUT2D eigenvalue weighted by molar-refractivity contribution is 5.83. The summed E-state index contributed by atoms with van der Waals surface area (Å²) in [5, 5.41) is 2.93. The Labute approximate surface area is 148 Å². The van der Waals surface area contributed by atoms with Gasteiger partial charge in [0.25, 0.3) is 5.56 Å². The average molecular weight is 339 g/mol. The van der Waals surface area contributed by atoms with Crippen molar-refractivity contribution in [3.63, 3.8) is 0 Å². The van der Waals surface area contributed by atoms with Crippen molar-refractivity contribution in [2.45, 2.75) is 20.8 Å². The van der Waals surface area contributed by atoms with Gasteiger partial charge in [0.2, 0.25) is 6.41 Å². The van der Waals surface area contributed by atoms with Crippen LogP contribution in [-0.4, -0.2) is 29.6 Å². The van der Waals surface area contributed by atoms with Crippen molar-refractivity contribution in [3.05, 3.63) is 65.0 Å². The highest BCUT2D eigenvalue weighted by atomic mass is 16.2. The van der Waals surface area contributed by atoms with Crippen LogP contribution in [0.1, 0.15) is 20.8 Å². The lowest BCUT2D eigenvalue weighted by Gasteiger charge is -2.06. The van der Waals surface area contributed by atoms with E-state index in [2.05, 4.69) is 17.2 Å². The van der Waals surface area contributed by atoms with Crippen molar-refractivity contribution in [3.8, 4) is 11.3 Å². The molecule has 1 aromatic heterocycles. The average Bonchev–Trinajstić information content (AvgIpc) is 2.70. The zero-order valence-corrected chi connectivity index (χ0v) is 15.2. The van der Waals surface area contributed by atoms with Gasteiger partial charge in [-0.05, 0) is 25.7 Å². The Morgan fingerprint density at radius 1 is 1.04 bits per heavy atom. The molecule has 0 aliphatic rings. The maximum absolute atomic E-state index is 12.3. The molecule has 0 aliphatic carbocycles. The monoisotopic (exact) mass is 339 g/mol. The second kappa shape index (κ2) is 10.9. The van der Waals surface area contributed by atoms with Gasteiger partial charge >= 0.3 is 0 Å². The maximum Gasteiger partial charge on any atom is 0.284 e. The number of para-hydroxylation sites is 2. The lowest BCUT2D eigenvalue weighted by molar-refractivity contribution is 0.547. The van der Waals surface area contributed by atoms with E-state index >= 15 is 0 Å². The van der Waals surface area contributed by atoms with Crippen molar-refractivity contribution in [2.75, 3.05) is 13.6 Å². The standard InChI is InChI=1S/C15H10N2O2.C3H9N.C2H6/c18-10-17-13-9-5-4-8-12(13)16-14(15(17)19)11-6-2-1-3-7-11;1-3-4-2;1-2/h1-10H;4H,3H2,1-2H3;1-2H3. The van der Waals surface area contributed by atoms with Crippen LogP contribution in [0.2, 0.25) is 0 Å². The first kappa shape index (κ1) is 20.3. The summed E-state index contributed by atoms with van der Waals surface area (Å²) in [6.45, 7) is 7.14. The Morgan fingerprint density at radius 3 is 2.16 bits per heavy atom. The Hall–Kier alpha value is -2.79. The van der Waals surface area contributed by atoms with Crippen LogP contribution in [0.3, 0.4) is 0 Å². The number of hydrogen-bond acceptors (Lipinski definition) is 4. The molecule has 1 heterocycles. The molecule has 5 heteroatoms. The lowest BCUT2D eigenvalue weighted by Crippen LogP contribution is -2.23. The van der Waals surface area contributed by atoms with E-state index in [0.29, 0.717) is 23.0 Å². The second-order valence-corrected chi connectivity index (χ2v) is 4.80. The molecule has 1 N–H and O–H groups in total. The number of nitrogens with zero attached hydrogens (tertiary/aromatic N) is 2. The quantitative estimate of drug-likeness (QED) is 0.743. The van der Waals surface area contributed by atoms with Gasteiger partial charge in [-0.25, -0.2) is 9.55 Å². The van der Waals surface area contributed by atoms with Gasteiger partial charge in [0.1, 0.15) is 5.69 Å². The van der Waals surface area contributed by atoms with Gasteiger partial charge in [0, 0.05) is 5.56 Å². The van der Waals surface area contributed by atoms with Gasteiger partial charge < -0.3 is 5.32 Å². The van der Waals surface area contributed by atoms with Crippen molar-refractivity contribution < 1.29 is 4.79 Å². The Balaban J connectivity index is 0.000000461.